The lowest BCUT2D eigenvalue weighted by Crippen LogP contribution is -2.26. The Kier molecular flexibility index (Phi) is 8.16. The van der Waals surface area contributed by atoms with Crippen molar-refractivity contribution in [2.24, 2.45) is 0 Å². The zero-order valence-electron chi connectivity index (χ0n) is 15.8. The van der Waals surface area contributed by atoms with Gasteiger partial charge in [-0.2, -0.15) is 0 Å². The van der Waals surface area contributed by atoms with E-state index in [9.17, 15) is 19.2 Å². The fraction of sp³-hybridized carbons (Fsp3) is 0.211. The van der Waals surface area contributed by atoms with Gasteiger partial charge in [-0.25, -0.2) is 4.98 Å². The van der Waals surface area contributed by atoms with Gasteiger partial charge in [0.15, 0.2) is 5.16 Å². The van der Waals surface area contributed by atoms with Crippen LogP contribution in [0.4, 0.5) is 11.4 Å². The maximum atomic E-state index is 12.2. The molecule has 0 aliphatic heterocycles. The molecule has 0 aliphatic carbocycles. The summed E-state index contributed by atoms with van der Waals surface area (Å²) in [6, 6.07) is 7.97. The largest absolute Gasteiger partial charge is 0.352 e. The molecule has 152 valence electrons. The molecule has 2 aromatic rings. The zero-order valence-corrected chi connectivity index (χ0v) is 16.6. The van der Waals surface area contributed by atoms with E-state index in [2.05, 4.69) is 32.5 Å². The fourth-order valence-electron chi connectivity index (χ4n) is 2.26. The summed E-state index contributed by atoms with van der Waals surface area (Å²) in [7, 11) is 0. The molecule has 2 rings (SSSR count). The van der Waals surface area contributed by atoms with Crippen LogP contribution in [0, 0.1) is 0 Å². The van der Waals surface area contributed by atoms with E-state index in [0.717, 1.165) is 11.8 Å². The van der Waals surface area contributed by atoms with E-state index in [1.165, 1.54) is 13.0 Å². The highest BCUT2D eigenvalue weighted by Gasteiger charge is 2.10. The third-order valence-corrected chi connectivity index (χ3v) is 4.24. The number of nitrogens with one attached hydrogen (secondary N) is 4. The van der Waals surface area contributed by atoms with Crippen LogP contribution in [-0.2, 0) is 20.8 Å². The molecular weight excluding hydrogens is 394 g/mol. The molecule has 0 radical (unpaired) electrons. The summed E-state index contributed by atoms with van der Waals surface area (Å²) in [5.74, 6) is -0.806. The third-order valence-electron chi connectivity index (χ3n) is 3.36. The molecule has 0 fully saturated rings. The van der Waals surface area contributed by atoms with Crippen molar-refractivity contribution in [1.82, 2.24) is 15.3 Å². The molecule has 0 spiro atoms. The number of nitrogens with zero attached hydrogens (tertiary/aromatic N) is 1. The summed E-state index contributed by atoms with van der Waals surface area (Å²) in [4.78, 5) is 53.5. The van der Waals surface area contributed by atoms with Crippen LogP contribution in [0.5, 0.6) is 0 Å². The summed E-state index contributed by atoms with van der Waals surface area (Å²) in [6.07, 6.45) is 1.50. The minimum absolute atomic E-state index is 0.000577. The second-order valence-corrected chi connectivity index (χ2v) is 6.87. The van der Waals surface area contributed by atoms with Gasteiger partial charge < -0.3 is 20.9 Å². The van der Waals surface area contributed by atoms with Gasteiger partial charge in [-0.3, -0.25) is 19.2 Å². The van der Waals surface area contributed by atoms with Crippen LogP contribution in [0.3, 0.4) is 0 Å². The molecule has 1 aromatic heterocycles. The molecule has 1 heterocycles. The van der Waals surface area contributed by atoms with Crippen molar-refractivity contribution in [3.05, 3.63) is 59.0 Å². The molecule has 1 aromatic carbocycles. The molecule has 0 saturated carbocycles. The molecule has 0 aliphatic rings. The number of thioether (sulfide) groups is 1. The number of aromatic amines is 1. The number of carbonyl (C=O) groups is 3. The number of H-pyrrole nitrogens is 1. The lowest BCUT2D eigenvalue weighted by molar-refractivity contribution is -0.120. The number of rotatable bonds is 9. The Morgan fingerprint density at radius 2 is 1.90 bits per heavy atom. The first-order valence-electron chi connectivity index (χ1n) is 8.64. The van der Waals surface area contributed by atoms with Gasteiger partial charge in [-0.05, 0) is 18.2 Å². The van der Waals surface area contributed by atoms with Crippen LogP contribution in [0.15, 0.2) is 52.9 Å². The number of hydrogen-bond donors (Lipinski definition) is 4. The summed E-state index contributed by atoms with van der Waals surface area (Å²) in [6.45, 7) is 5.23. The molecule has 4 N–H and O–H groups in total. The molecule has 29 heavy (non-hydrogen) atoms. The van der Waals surface area contributed by atoms with E-state index in [4.69, 9.17) is 0 Å². The van der Waals surface area contributed by atoms with E-state index in [1.807, 2.05) is 0 Å². The van der Waals surface area contributed by atoms with E-state index in [0.29, 0.717) is 23.6 Å². The van der Waals surface area contributed by atoms with Crippen LogP contribution in [-0.4, -0.2) is 40.0 Å². The van der Waals surface area contributed by atoms with Gasteiger partial charge in [0.1, 0.15) is 0 Å². The van der Waals surface area contributed by atoms with Crippen LogP contribution >= 0.6 is 11.8 Å². The Morgan fingerprint density at radius 3 is 2.59 bits per heavy atom. The number of aromatic nitrogens is 2. The maximum absolute atomic E-state index is 12.2. The van der Waals surface area contributed by atoms with Crippen LogP contribution in [0.2, 0.25) is 0 Å². The van der Waals surface area contributed by atoms with Crippen LogP contribution in [0.1, 0.15) is 12.6 Å². The molecule has 0 unspecified atom stereocenters. The fourth-order valence-corrected chi connectivity index (χ4v) is 2.96. The Bertz CT molecular complexity index is 973. The van der Waals surface area contributed by atoms with Crippen molar-refractivity contribution >= 4 is 40.9 Å². The predicted octanol–water partition coefficient (Wildman–Crippen LogP) is 1.30. The van der Waals surface area contributed by atoms with E-state index < -0.39 is 5.56 Å². The Morgan fingerprint density at radius 1 is 1.17 bits per heavy atom. The first-order valence-corrected chi connectivity index (χ1v) is 9.62. The predicted molar refractivity (Wildman–Crippen MR) is 112 cm³/mol. The van der Waals surface area contributed by atoms with Gasteiger partial charge in [0.05, 0.1) is 17.9 Å². The standard InChI is InChI=1S/C19H21N5O4S/c1-3-7-20-16(26)9-15-10-17(27)24-19(23-15)29-11-18(28)22-14-6-4-5-13(8-14)21-12(2)25/h3-6,8,10H,1,7,9,11H2,2H3,(H,20,26)(H,21,25)(H,22,28)(H,23,24,27). The van der Waals surface area contributed by atoms with Gasteiger partial charge in [-0.15, -0.1) is 6.58 Å². The van der Waals surface area contributed by atoms with Crippen molar-refractivity contribution in [3.8, 4) is 0 Å². The zero-order chi connectivity index (χ0) is 21.2. The van der Waals surface area contributed by atoms with Crippen molar-refractivity contribution < 1.29 is 14.4 Å². The average Bonchev–Trinajstić information content (AvgIpc) is 2.64. The lowest BCUT2D eigenvalue weighted by atomic mass is 10.2. The van der Waals surface area contributed by atoms with Gasteiger partial charge in [-0.1, -0.05) is 23.9 Å². The Labute approximate surface area is 171 Å². The van der Waals surface area contributed by atoms with Crippen molar-refractivity contribution in [1.29, 1.82) is 0 Å². The summed E-state index contributed by atoms with van der Waals surface area (Å²) >= 11 is 1.04. The van der Waals surface area contributed by atoms with Crippen LogP contribution in [0.25, 0.3) is 0 Å². The molecule has 0 saturated heterocycles. The average molecular weight is 415 g/mol. The van der Waals surface area contributed by atoms with E-state index in [-0.39, 0.29) is 35.1 Å². The van der Waals surface area contributed by atoms with Gasteiger partial charge in [0, 0.05) is 30.9 Å². The highest BCUT2D eigenvalue weighted by atomic mass is 32.2. The quantitative estimate of drug-likeness (QED) is 0.277. The second kappa shape index (κ2) is 10.8. The molecule has 0 atom stereocenters. The highest BCUT2D eigenvalue weighted by Crippen LogP contribution is 2.17. The summed E-state index contributed by atoms with van der Waals surface area (Å²) < 4.78 is 0. The Hall–Kier alpha value is -3.40. The minimum atomic E-state index is -0.405. The van der Waals surface area contributed by atoms with Crippen molar-refractivity contribution in [2.75, 3.05) is 22.9 Å². The monoisotopic (exact) mass is 415 g/mol. The van der Waals surface area contributed by atoms with Crippen molar-refractivity contribution in [2.45, 2.75) is 18.5 Å². The highest BCUT2D eigenvalue weighted by molar-refractivity contribution is 7.99. The lowest BCUT2D eigenvalue weighted by Gasteiger charge is -2.08. The van der Waals surface area contributed by atoms with E-state index in [1.54, 1.807) is 30.3 Å². The normalized spacial score (nSPS) is 10.1. The first kappa shape index (κ1) is 21.9. The number of amides is 3. The number of anilines is 2. The topological polar surface area (TPSA) is 133 Å². The summed E-state index contributed by atoms with van der Waals surface area (Å²) in [5, 5.41) is 8.19. The first-order chi connectivity index (χ1) is 13.9. The smallest absolute Gasteiger partial charge is 0.251 e. The van der Waals surface area contributed by atoms with Crippen molar-refractivity contribution in [3.63, 3.8) is 0 Å². The molecule has 0 bridgehead atoms. The summed E-state index contributed by atoms with van der Waals surface area (Å²) in [5.41, 5.74) is 0.992. The Balaban J connectivity index is 1.94. The van der Waals surface area contributed by atoms with Gasteiger partial charge >= 0.3 is 0 Å². The number of carbonyl (C=O) groups excluding carboxylic acids is 3. The molecular formula is C19H21N5O4S. The molecule has 3 amide bonds. The molecule has 10 heteroatoms. The molecule has 9 nitrogen and oxygen atoms in total. The number of benzene rings is 1. The third kappa shape index (κ3) is 8.01. The van der Waals surface area contributed by atoms with Gasteiger partial charge in [0.2, 0.25) is 17.7 Å². The minimum Gasteiger partial charge on any atom is -0.352 e. The van der Waals surface area contributed by atoms with Crippen LogP contribution < -0.4 is 21.5 Å². The van der Waals surface area contributed by atoms with Gasteiger partial charge in [0.25, 0.3) is 5.56 Å². The number of hydrogen-bond acceptors (Lipinski definition) is 6. The second-order valence-electron chi connectivity index (χ2n) is 5.91. The van der Waals surface area contributed by atoms with E-state index >= 15 is 0 Å². The maximum Gasteiger partial charge on any atom is 0.251 e. The SMILES string of the molecule is C=CCNC(=O)Cc1cc(=O)[nH]c(SCC(=O)Nc2cccc(NC(C)=O)c2)n1.